The van der Waals surface area contributed by atoms with Crippen molar-refractivity contribution in [3.63, 3.8) is 0 Å². The zero-order valence-electron chi connectivity index (χ0n) is 25.6. The number of alkyl halides is 6. The highest BCUT2D eigenvalue weighted by atomic mass is 19.4. The van der Waals surface area contributed by atoms with Crippen molar-refractivity contribution in [3.05, 3.63) is 70.0 Å². The lowest BCUT2D eigenvalue weighted by molar-refractivity contribution is -0.143. The zero-order valence-corrected chi connectivity index (χ0v) is 25.6. The van der Waals surface area contributed by atoms with Gasteiger partial charge in [0.15, 0.2) is 0 Å². The number of piperidine rings is 2. The Bertz CT molecular complexity index is 1340. The van der Waals surface area contributed by atoms with Crippen LogP contribution in [0.2, 0.25) is 0 Å². The third-order valence-electron chi connectivity index (χ3n) is 8.61. The third-order valence-corrected chi connectivity index (χ3v) is 8.61. The lowest BCUT2D eigenvalue weighted by Crippen LogP contribution is -2.52. The van der Waals surface area contributed by atoms with Crippen LogP contribution in [-0.4, -0.2) is 72.1 Å². The number of carbonyl (C=O) groups excluding carboxylic acids is 2. The third kappa shape index (κ3) is 8.47. The van der Waals surface area contributed by atoms with Gasteiger partial charge in [0, 0.05) is 51.1 Å². The van der Waals surface area contributed by atoms with Gasteiger partial charge in [-0.2, -0.15) is 26.3 Å². The van der Waals surface area contributed by atoms with E-state index in [0.717, 1.165) is 5.56 Å². The smallest absolute Gasteiger partial charge is 0.416 e. The molecule has 2 fully saturated rings. The number of aryl methyl sites for hydroxylation is 1. The molecule has 2 aliphatic heterocycles. The van der Waals surface area contributed by atoms with Crippen LogP contribution >= 0.6 is 0 Å². The van der Waals surface area contributed by atoms with E-state index in [9.17, 15) is 40.3 Å². The summed E-state index contributed by atoms with van der Waals surface area (Å²) in [5.74, 6) is -1.88. The van der Waals surface area contributed by atoms with Crippen molar-refractivity contribution in [1.82, 2.24) is 14.7 Å². The number of rotatable bonds is 6. The highest BCUT2D eigenvalue weighted by Crippen LogP contribution is 2.39. The van der Waals surface area contributed by atoms with Crippen molar-refractivity contribution in [1.29, 1.82) is 0 Å². The number of ether oxygens (including phenoxy) is 1. The Morgan fingerprint density at radius 3 is 2.07 bits per heavy atom. The number of halogens is 7. The maximum absolute atomic E-state index is 14.0. The van der Waals surface area contributed by atoms with Crippen LogP contribution in [0.4, 0.5) is 35.5 Å². The average Bonchev–Trinajstić information content (AvgIpc) is 2.95. The van der Waals surface area contributed by atoms with Crippen LogP contribution in [-0.2, 0) is 28.4 Å². The molecular weight excluding hydrogens is 607 g/mol. The van der Waals surface area contributed by atoms with Crippen LogP contribution in [0.5, 0.6) is 0 Å². The molecule has 45 heavy (non-hydrogen) atoms. The molecule has 2 aliphatic rings. The van der Waals surface area contributed by atoms with E-state index in [2.05, 4.69) is 4.90 Å². The Hall–Kier alpha value is -3.35. The lowest BCUT2D eigenvalue weighted by atomic mass is 9.77. The molecule has 2 amide bonds. The van der Waals surface area contributed by atoms with E-state index in [4.69, 9.17) is 4.74 Å². The van der Waals surface area contributed by atoms with E-state index in [0.29, 0.717) is 63.1 Å². The molecule has 0 aliphatic carbocycles. The van der Waals surface area contributed by atoms with Crippen molar-refractivity contribution >= 4 is 12.0 Å². The van der Waals surface area contributed by atoms with Crippen LogP contribution in [0.3, 0.4) is 0 Å². The summed E-state index contributed by atoms with van der Waals surface area (Å²) in [4.78, 5) is 31.3. The van der Waals surface area contributed by atoms with Crippen molar-refractivity contribution in [2.45, 2.75) is 77.0 Å². The summed E-state index contributed by atoms with van der Waals surface area (Å²) in [5, 5.41) is 0. The largest absolute Gasteiger partial charge is 0.447 e. The molecule has 2 heterocycles. The second-order valence-electron chi connectivity index (χ2n) is 12.3. The quantitative estimate of drug-likeness (QED) is 0.311. The number of carbonyl (C=O) groups is 2. The summed E-state index contributed by atoms with van der Waals surface area (Å²) in [7, 11) is 1.36. The highest BCUT2D eigenvalue weighted by molar-refractivity contribution is 5.80. The number of benzene rings is 2. The molecule has 0 bridgehead atoms. The first-order valence-electron chi connectivity index (χ1n) is 14.9. The standard InChI is InChI=1S/C32H38F7N3O3/c1-19(2)45-30(44)41-10-7-25(8-11-41)42-12-9-27(28(18-42)26-6-5-24(33)13-20(26)3)29(43)40(4)17-21-14-22(31(34,35)36)16-23(15-21)32(37,38)39/h5-6,13-16,19,25,27-28H,7-12,17-18H2,1-4H3/t27-,28+/m1/s1. The SMILES string of the molecule is Cc1cc(F)ccc1[C@@H]1CN(C2CCN(C(=O)OC(C)C)CC2)CC[C@H]1C(=O)N(C)Cc1cc(C(F)(F)F)cc(C(F)(F)F)c1. The number of nitrogens with zero attached hydrogens (tertiary/aromatic N) is 3. The van der Waals surface area contributed by atoms with Crippen molar-refractivity contribution in [2.24, 2.45) is 5.92 Å². The van der Waals surface area contributed by atoms with Crippen LogP contribution in [0.1, 0.15) is 66.8 Å². The topological polar surface area (TPSA) is 53.1 Å². The monoisotopic (exact) mass is 645 g/mol. The van der Waals surface area contributed by atoms with Gasteiger partial charge < -0.3 is 14.5 Å². The maximum Gasteiger partial charge on any atom is 0.416 e. The average molecular weight is 646 g/mol. The molecule has 0 saturated carbocycles. The van der Waals surface area contributed by atoms with E-state index in [1.807, 2.05) is 0 Å². The first-order valence-corrected chi connectivity index (χ1v) is 14.9. The first-order chi connectivity index (χ1) is 20.9. The molecule has 2 aromatic rings. The molecule has 0 N–H and O–H groups in total. The van der Waals surface area contributed by atoms with Gasteiger partial charge in [0.1, 0.15) is 5.82 Å². The van der Waals surface area contributed by atoms with Gasteiger partial charge in [-0.3, -0.25) is 9.69 Å². The fraction of sp³-hybridized carbons (Fsp3) is 0.562. The van der Waals surface area contributed by atoms with E-state index < -0.39 is 53.6 Å². The predicted molar refractivity (Wildman–Crippen MR) is 153 cm³/mol. The summed E-state index contributed by atoms with van der Waals surface area (Å²) in [5.41, 5.74) is -1.78. The number of hydrogen-bond acceptors (Lipinski definition) is 4. The van der Waals surface area contributed by atoms with E-state index in [1.165, 1.54) is 24.1 Å². The predicted octanol–water partition coefficient (Wildman–Crippen LogP) is 7.25. The summed E-state index contributed by atoms with van der Waals surface area (Å²) >= 11 is 0. The molecule has 13 heteroatoms. The van der Waals surface area contributed by atoms with Crippen molar-refractivity contribution in [2.75, 3.05) is 33.2 Å². The van der Waals surface area contributed by atoms with Crippen LogP contribution in [0.25, 0.3) is 0 Å². The molecular formula is C32H38F7N3O3. The van der Waals surface area contributed by atoms with Gasteiger partial charge in [0.25, 0.3) is 0 Å². The summed E-state index contributed by atoms with van der Waals surface area (Å²) < 4.78 is 99.9. The summed E-state index contributed by atoms with van der Waals surface area (Å²) in [6.45, 7) is 6.84. The van der Waals surface area contributed by atoms with Crippen LogP contribution in [0.15, 0.2) is 36.4 Å². The molecule has 0 unspecified atom stereocenters. The van der Waals surface area contributed by atoms with Gasteiger partial charge in [0.05, 0.1) is 17.2 Å². The summed E-state index contributed by atoms with van der Waals surface area (Å²) in [6.07, 6.45) is -8.82. The minimum absolute atomic E-state index is 0.0616. The molecule has 0 spiro atoms. The molecule has 248 valence electrons. The second-order valence-corrected chi connectivity index (χ2v) is 12.3. The fourth-order valence-electron chi connectivity index (χ4n) is 6.41. The van der Waals surface area contributed by atoms with Crippen molar-refractivity contribution in [3.8, 4) is 0 Å². The van der Waals surface area contributed by atoms with Gasteiger partial charge in [-0.05, 0) is 93.6 Å². The van der Waals surface area contributed by atoms with Gasteiger partial charge in [0.2, 0.25) is 5.91 Å². The Balaban J connectivity index is 1.54. The minimum Gasteiger partial charge on any atom is -0.447 e. The fourth-order valence-corrected chi connectivity index (χ4v) is 6.41. The lowest BCUT2D eigenvalue weighted by Gasteiger charge is -2.45. The molecule has 2 saturated heterocycles. The Morgan fingerprint density at radius 2 is 1.53 bits per heavy atom. The number of amides is 2. The number of hydrogen-bond donors (Lipinski definition) is 0. The molecule has 4 rings (SSSR count). The zero-order chi connectivity index (χ0) is 33.3. The Labute approximate surface area is 258 Å². The summed E-state index contributed by atoms with van der Waals surface area (Å²) in [6, 6.07) is 5.76. The van der Waals surface area contributed by atoms with Gasteiger partial charge in [-0.25, -0.2) is 9.18 Å². The van der Waals surface area contributed by atoms with E-state index in [-0.39, 0.29) is 29.9 Å². The maximum atomic E-state index is 14.0. The van der Waals surface area contributed by atoms with Gasteiger partial charge in [-0.1, -0.05) is 6.07 Å². The normalized spacial score (nSPS) is 20.4. The molecule has 0 aromatic heterocycles. The molecule has 2 aromatic carbocycles. The van der Waals surface area contributed by atoms with Crippen LogP contribution in [0, 0.1) is 18.7 Å². The first kappa shape index (κ1) is 34.5. The van der Waals surface area contributed by atoms with Crippen molar-refractivity contribution < 1.29 is 45.1 Å². The second kappa shape index (κ2) is 13.6. The molecule has 6 nitrogen and oxygen atoms in total. The molecule has 0 radical (unpaired) electrons. The van der Waals surface area contributed by atoms with E-state index >= 15 is 0 Å². The van der Waals surface area contributed by atoms with Gasteiger partial charge >= 0.3 is 18.4 Å². The van der Waals surface area contributed by atoms with E-state index in [1.54, 1.807) is 31.7 Å². The van der Waals surface area contributed by atoms with Crippen LogP contribution < -0.4 is 0 Å². The number of likely N-dealkylation sites (tertiary alicyclic amines) is 2. The molecule has 2 atom stereocenters. The Kier molecular flexibility index (Phi) is 10.4. The minimum atomic E-state index is -5.00. The highest BCUT2D eigenvalue weighted by Gasteiger charge is 2.41. The van der Waals surface area contributed by atoms with Gasteiger partial charge in [-0.15, -0.1) is 0 Å². The Morgan fingerprint density at radius 1 is 0.933 bits per heavy atom.